The SMILES string of the molecule is CCC(CN)Nc1c(NC)cc(F)c(N2CCN(C)CC2)c1F. The Bertz CT molecular complexity index is 526. The molecule has 0 saturated carbocycles. The van der Waals surface area contributed by atoms with E-state index in [-0.39, 0.29) is 11.7 Å². The molecule has 2 rings (SSSR count). The zero-order chi connectivity index (χ0) is 17.0. The summed E-state index contributed by atoms with van der Waals surface area (Å²) in [6, 6.07) is 1.30. The topological polar surface area (TPSA) is 56.6 Å². The van der Waals surface area contributed by atoms with Gasteiger partial charge in [0.15, 0.2) is 11.6 Å². The number of anilines is 3. The smallest absolute Gasteiger partial charge is 0.174 e. The lowest BCUT2D eigenvalue weighted by Crippen LogP contribution is -2.45. The van der Waals surface area contributed by atoms with Crippen LogP contribution in [0.5, 0.6) is 0 Å². The summed E-state index contributed by atoms with van der Waals surface area (Å²) in [6.45, 7) is 5.16. The van der Waals surface area contributed by atoms with Gasteiger partial charge in [-0.2, -0.15) is 0 Å². The van der Waals surface area contributed by atoms with Crippen LogP contribution >= 0.6 is 0 Å². The highest BCUT2D eigenvalue weighted by Crippen LogP contribution is 2.36. The van der Waals surface area contributed by atoms with Crippen LogP contribution in [-0.2, 0) is 0 Å². The van der Waals surface area contributed by atoms with Crippen molar-refractivity contribution in [2.75, 3.05) is 62.4 Å². The second-order valence-corrected chi connectivity index (χ2v) is 5.97. The van der Waals surface area contributed by atoms with Gasteiger partial charge in [0.05, 0.1) is 11.4 Å². The van der Waals surface area contributed by atoms with Crippen LogP contribution in [-0.4, -0.2) is 57.8 Å². The molecule has 0 amide bonds. The fraction of sp³-hybridized carbons (Fsp3) is 0.625. The number of likely N-dealkylation sites (N-methyl/N-ethyl adjacent to an activating group) is 1. The van der Waals surface area contributed by atoms with Gasteiger partial charge < -0.3 is 26.2 Å². The van der Waals surface area contributed by atoms with Gasteiger partial charge in [0.2, 0.25) is 0 Å². The summed E-state index contributed by atoms with van der Waals surface area (Å²) in [5.74, 6) is -1.09. The summed E-state index contributed by atoms with van der Waals surface area (Å²) < 4.78 is 29.5. The van der Waals surface area contributed by atoms with Gasteiger partial charge >= 0.3 is 0 Å². The zero-order valence-corrected chi connectivity index (χ0v) is 14.1. The second kappa shape index (κ2) is 7.79. The van der Waals surface area contributed by atoms with E-state index in [1.165, 1.54) is 6.07 Å². The first-order valence-corrected chi connectivity index (χ1v) is 8.11. The lowest BCUT2D eigenvalue weighted by Gasteiger charge is -2.35. The largest absolute Gasteiger partial charge is 0.386 e. The van der Waals surface area contributed by atoms with E-state index in [4.69, 9.17) is 5.73 Å². The molecule has 1 aliphatic heterocycles. The molecule has 1 aliphatic rings. The fourth-order valence-corrected chi connectivity index (χ4v) is 2.80. The summed E-state index contributed by atoms with van der Waals surface area (Å²) in [6.07, 6.45) is 0.764. The average Bonchev–Trinajstić information content (AvgIpc) is 2.55. The van der Waals surface area contributed by atoms with Gasteiger partial charge in [-0.15, -0.1) is 0 Å². The predicted molar refractivity (Wildman–Crippen MR) is 92.4 cm³/mol. The van der Waals surface area contributed by atoms with Gasteiger partial charge in [-0.25, -0.2) is 8.78 Å². The Kier molecular flexibility index (Phi) is 6.01. The Hall–Kier alpha value is -1.60. The second-order valence-electron chi connectivity index (χ2n) is 5.97. The minimum absolute atomic E-state index is 0.0477. The van der Waals surface area contributed by atoms with Crippen LogP contribution in [0, 0.1) is 11.6 Å². The molecule has 1 aromatic carbocycles. The van der Waals surface area contributed by atoms with Gasteiger partial charge in [0.1, 0.15) is 5.69 Å². The third-order valence-electron chi connectivity index (χ3n) is 4.41. The van der Waals surface area contributed by atoms with E-state index in [9.17, 15) is 4.39 Å². The first-order chi connectivity index (χ1) is 11.0. The van der Waals surface area contributed by atoms with Crippen molar-refractivity contribution < 1.29 is 8.78 Å². The van der Waals surface area contributed by atoms with E-state index in [1.54, 1.807) is 11.9 Å². The minimum atomic E-state index is -0.550. The quantitative estimate of drug-likeness (QED) is 0.745. The van der Waals surface area contributed by atoms with Crippen LogP contribution in [0.2, 0.25) is 0 Å². The van der Waals surface area contributed by atoms with E-state index in [0.717, 1.165) is 19.5 Å². The highest BCUT2D eigenvalue weighted by atomic mass is 19.1. The number of benzene rings is 1. The fourth-order valence-electron chi connectivity index (χ4n) is 2.80. The number of nitrogens with one attached hydrogen (secondary N) is 2. The Morgan fingerprint density at radius 1 is 1.26 bits per heavy atom. The van der Waals surface area contributed by atoms with Gasteiger partial charge in [-0.05, 0) is 13.5 Å². The number of nitrogens with zero attached hydrogens (tertiary/aromatic N) is 2. The summed E-state index contributed by atoms with van der Waals surface area (Å²) >= 11 is 0. The van der Waals surface area contributed by atoms with Crippen molar-refractivity contribution in [1.29, 1.82) is 0 Å². The molecule has 4 N–H and O–H groups in total. The lowest BCUT2D eigenvalue weighted by atomic mass is 10.1. The molecule has 0 aliphatic carbocycles. The van der Waals surface area contributed by atoms with Crippen molar-refractivity contribution in [2.24, 2.45) is 5.73 Å². The van der Waals surface area contributed by atoms with Crippen LogP contribution in [0.3, 0.4) is 0 Å². The number of halogens is 2. The van der Waals surface area contributed by atoms with Crippen molar-refractivity contribution in [3.05, 3.63) is 17.7 Å². The third-order valence-corrected chi connectivity index (χ3v) is 4.41. The van der Waals surface area contributed by atoms with Crippen LogP contribution in [0.15, 0.2) is 6.07 Å². The predicted octanol–water partition coefficient (Wildman–Crippen LogP) is 1.91. The molecule has 5 nitrogen and oxygen atoms in total. The highest BCUT2D eigenvalue weighted by molar-refractivity contribution is 5.76. The van der Waals surface area contributed by atoms with Crippen molar-refractivity contribution in [2.45, 2.75) is 19.4 Å². The van der Waals surface area contributed by atoms with Gasteiger partial charge in [-0.1, -0.05) is 6.92 Å². The maximum Gasteiger partial charge on any atom is 0.174 e. The molecule has 0 radical (unpaired) electrons. The maximum atomic E-state index is 15.1. The summed E-state index contributed by atoms with van der Waals surface area (Å²) in [5, 5.41) is 5.97. The molecule has 7 heteroatoms. The molecule has 1 aromatic rings. The summed E-state index contributed by atoms with van der Waals surface area (Å²) in [5.41, 5.74) is 6.45. The molecular weight excluding hydrogens is 300 g/mol. The molecule has 23 heavy (non-hydrogen) atoms. The molecule has 1 fully saturated rings. The minimum Gasteiger partial charge on any atom is -0.386 e. The molecule has 0 aromatic heterocycles. The Morgan fingerprint density at radius 2 is 1.91 bits per heavy atom. The number of hydrogen-bond acceptors (Lipinski definition) is 5. The lowest BCUT2D eigenvalue weighted by molar-refractivity contribution is 0.310. The number of rotatable bonds is 6. The number of piperazine rings is 1. The molecular formula is C16H27F2N5. The Labute approximate surface area is 136 Å². The number of nitrogens with two attached hydrogens (primary N) is 1. The van der Waals surface area contributed by atoms with E-state index >= 15 is 4.39 Å². The van der Waals surface area contributed by atoms with Gasteiger partial charge in [-0.3, -0.25) is 0 Å². The standard InChI is InChI=1S/C16H27F2N5/c1-4-11(10-19)21-15-13(20-2)9-12(17)16(14(15)18)23-7-5-22(3)6-8-23/h9,11,20-21H,4-8,10,19H2,1-3H3. The molecule has 1 saturated heterocycles. The Morgan fingerprint density at radius 3 is 2.43 bits per heavy atom. The van der Waals surface area contributed by atoms with Crippen molar-refractivity contribution in [3.8, 4) is 0 Å². The van der Waals surface area contributed by atoms with E-state index in [2.05, 4.69) is 15.5 Å². The molecule has 0 spiro atoms. The van der Waals surface area contributed by atoms with Gasteiger partial charge in [0, 0.05) is 51.9 Å². The van der Waals surface area contributed by atoms with E-state index in [1.807, 2.05) is 14.0 Å². The molecule has 130 valence electrons. The first kappa shape index (κ1) is 17.7. The maximum absolute atomic E-state index is 15.1. The summed E-state index contributed by atoms with van der Waals surface area (Å²) in [7, 11) is 3.66. The zero-order valence-electron chi connectivity index (χ0n) is 14.1. The third kappa shape index (κ3) is 3.84. The van der Waals surface area contributed by atoms with Crippen molar-refractivity contribution in [3.63, 3.8) is 0 Å². The van der Waals surface area contributed by atoms with Gasteiger partial charge in [0.25, 0.3) is 0 Å². The molecule has 0 bridgehead atoms. The van der Waals surface area contributed by atoms with E-state index in [0.29, 0.717) is 31.0 Å². The van der Waals surface area contributed by atoms with Crippen molar-refractivity contribution in [1.82, 2.24) is 4.90 Å². The highest BCUT2D eigenvalue weighted by Gasteiger charge is 2.25. The Balaban J connectivity index is 2.39. The average molecular weight is 327 g/mol. The molecule has 1 unspecified atom stereocenters. The van der Waals surface area contributed by atoms with Crippen LogP contribution in [0.4, 0.5) is 25.8 Å². The monoisotopic (exact) mass is 327 g/mol. The van der Waals surface area contributed by atoms with Crippen LogP contribution < -0.4 is 21.3 Å². The summed E-state index contributed by atoms with van der Waals surface area (Å²) in [4.78, 5) is 3.92. The normalized spacial score (nSPS) is 17.2. The molecule has 1 atom stereocenters. The van der Waals surface area contributed by atoms with Crippen molar-refractivity contribution >= 4 is 17.1 Å². The molecule has 1 heterocycles. The van der Waals surface area contributed by atoms with E-state index < -0.39 is 11.6 Å². The van der Waals surface area contributed by atoms with Crippen LogP contribution in [0.1, 0.15) is 13.3 Å². The van der Waals surface area contributed by atoms with Crippen LogP contribution in [0.25, 0.3) is 0 Å². The number of hydrogen-bond donors (Lipinski definition) is 3. The first-order valence-electron chi connectivity index (χ1n) is 8.11.